The zero-order valence-electron chi connectivity index (χ0n) is 16.2. The molecule has 0 aromatic heterocycles. The van der Waals surface area contributed by atoms with E-state index in [0.717, 1.165) is 5.56 Å². The summed E-state index contributed by atoms with van der Waals surface area (Å²) >= 11 is 0. The molecule has 1 aromatic rings. The lowest BCUT2D eigenvalue weighted by Crippen LogP contribution is -2.36. The molecule has 0 bridgehead atoms. The molecule has 0 N–H and O–H groups in total. The molecule has 2 heteroatoms. The summed E-state index contributed by atoms with van der Waals surface area (Å²) in [4.78, 5) is 14.3. The van der Waals surface area contributed by atoms with Gasteiger partial charge in [-0.25, -0.2) is 0 Å². The van der Waals surface area contributed by atoms with E-state index in [9.17, 15) is 4.79 Å². The van der Waals surface area contributed by atoms with Crippen molar-refractivity contribution in [1.82, 2.24) is 4.90 Å². The number of likely N-dealkylation sites (N-methyl/N-ethyl adjacent to an activating group) is 1. The van der Waals surface area contributed by atoms with Crippen LogP contribution in [-0.2, 0) is 4.79 Å². The van der Waals surface area contributed by atoms with Crippen molar-refractivity contribution in [3.05, 3.63) is 35.4 Å². The second-order valence-electron chi connectivity index (χ2n) is 5.55. The number of carbonyl (C=O) groups excluding carboxylic acids is 1. The van der Waals surface area contributed by atoms with E-state index >= 15 is 0 Å². The lowest BCUT2D eigenvalue weighted by Gasteiger charge is -2.31. The average molecular weight is 308 g/mol. The van der Waals surface area contributed by atoms with Crippen LogP contribution in [0.5, 0.6) is 0 Å². The molecule has 0 saturated carbocycles. The number of benzene rings is 1. The van der Waals surface area contributed by atoms with Crippen molar-refractivity contribution < 1.29 is 4.79 Å². The van der Waals surface area contributed by atoms with E-state index < -0.39 is 0 Å². The molecular formula is C20H37NO. The van der Waals surface area contributed by atoms with Crippen molar-refractivity contribution in [1.29, 1.82) is 0 Å². The van der Waals surface area contributed by atoms with Crippen LogP contribution in [0.25, 0.3) is 0 Å². The number of rotatable bonds is 5. The molecule has 22 heavy (non-hydrogen) atoms. The van der Waals surface area contributed by atoms with Gasteiger partial charge in [0.1, 0.15) is 0 Å². The van der Waals surface area contributed by atoms with E-state index in [2.05, 4.69) is 51.7 Å². The molecule has 0 aliphatic heterocycles. The predicted octanol–water partition coefficient (Wildman–Crippen LogP) is 5.80. The Morgan fingerprint density at radius 1 is 1.09 bits per heavy atom. The molecule has 0 fully saturated rings. The lowest BCUT2D eigenvalue weighted by molar-refractivity contribution is -0.124. The topological polar surface area (TPSA) is 20.3 Å². The van der Waals surface area contributed by atoms with Gasteiger partial charge in [-0.15, -0.1) is 0 Å². The normalized spacial score (nSPS) is 11.2. The summed E-state index contributed by atoms with van der Waals surface area (Å²) in [6.45, 7) is 16.5. The Hall–Kier alpha value is -1.15. The van der Waals surface area contributed by atoms with Crippen LogP contribution >= 0.6 is 0 Å². The number of hydrogen-bond acceptors (Lipinski definition) is 2. The van der Waals surface area contributed by atoms with Gasteiger partial charge in [0.05, 0.1) is 6.04 Å². The van der Waals surface area contributed by atoms with Crippen LogP contribution < -0.4 is 0 Å². The monoisotopic (exact) mass is 307 g/mol. The molecule has 0 aliphatic carbocycles. The second kappa shape index (κ2) is 13.5. The third-order valence-corrected chi connectivity index (χ3v) is 3.36. The SMILES string of the molecule is CC.CCC.CCC(=O)C(c1ccccc1C)N(C)C(C)C. The number of ketones is 1. The highest BCUT2D eigenvalue weighted by molar-refractivity contribution is 5.85. The van der Waals surface area contributed by atoms with E-state index in [-0.39, 0.29) is 11.8 Å². The second-order valence-corrected chi connectivity index (χ2v) is 5.55. The molecule has 1 rings (SSSR count). The van der Waals surface area contributed by atoms with Gasteiger partial charge in [-0.05, 0) is 38.9 Å². The highest BCUT2D eigenvalue weighted by atomic mass is 16.1. The summed E-state index contributed by atoms with van der Waals surface area (Å²) < 4.78 is 0. The van der Waals surface area contributed by atoms with Crippen molar-refractivity contribution in [2.75, 3.05) is 7.05 Å². The van der Waals surface area contributed by atoms with Gasteiger partial charge in [0.2, 0.25) is 0 Å². The molecule has 0 aliphatic rings. The molecule has 2 nitrogen and oxygen atoms in total. The van der Waals surface area contributed by atoms with Crippen molar-refractivity contribution in [3.63, 3.8) is 0 Å². The molecule has 1 atom stereocenters. The minimum Gasteiger partial charge on any atom is -0.298 e. The molecule has 128 valence electrons. The van der Waals surface area contributed by atoms with Gasteiger partial charge in [-0.3, -0.25) is 9.69 Å². The zero-order valence-corrected chi connectivity index (χ0v) is 16.2. The third-order valence-electron chi connectivity index (χ3n) is 3.36. The van der Waals surface area contributed by atoms with Crippen LogP contribution in [0.15, 0.2) is 24.3 Å². The van der Waals surface area contributed by atoms with E-state index in [4.69, 9.17) is 0 Å². The van der Waals surface area contributed by atoms with E-state index in [0.29, 0.717) is 12.5 Å². The fourth-order valence-electron chi connectivity index (χ4n) is 2.01. The number of nitrogens with zero attached hydrogens (tertiary/aromatic N) is 1. The van der Waals surface area contributed by atoms with Crippen LogP contribution in [0.4, 0.5) is 0 Å². The minimum atomic E-state index is -0.110. The molecule has 0 spiro atoms. The van der Waals surface area contributed by atoms with E-state index in [1.807, 2.05) is 40.0 Å². The first-order valence-corrected chi connectivity index (χ1v) is 8.70. The lowest BCUT2D eigenvalue weighted by atomic mass is 9.95. The van der Waals surface area contributed by atoms with Crippen LogP contribution in [0.2, 0.25) is 0 Å². The molecule has 0 saturated heterocycles. The number of Topliss-reactive ketones (excluding diaryl/α,β-unsaturated/α-hetero) is 1. The van der Waals surface area contributed by atoms with Crippen molar-refractivity contribution in [2.24, 2.45) is 0 Å². The first kappa shape index (κ1) is 23.1. The van der Waals surface area contributed by atoms with E-state index in [1.54, 1.807) is 0 Å². The highest BCUT2D eigenvalue weighted by Crippen LogP contribution is 2.26. The maximum Gasteiger partial charge on any atom is 0.154 e. The quantitative estimate of drug-likeness (QED) is 0.685. The zero-order chi connectivity index (χ0) is 17.7. The fourth-order valence-corrected chi connectivity index (χ4v) is 2.01. The Morgan fingerprint density at radius 2 is 1.55 bits per heavy atom. The van der Waals surface area contributed by atoms with Gasteiger partial charge in [-0.2, -0.15) is 0 Å². The maximum atomic E-state index is 12.2. The summed E-state index contributed by atoms with van der Waals surface area (Å²) in [6.07, 6.45) is 1.83. The average Bonchev–Trinajstić information content (AvgIpc) is 2.51. The predicted molar refractivity (Wildman–Crippen MR) is 99.4 cm³/mol. The molecule has 0 radical (unpaired) electrons. The van der Waals surface area contributed by atoms with Crippen LogP contribution in [-0.4, -0.2) is 23.8 Å². The van der Waals surface area contributed by atoms with Crippen molar-refractivity contribution in [2.45, 2.75) is 80.3 Å². The molecule has 1 unspecified atom stereocenters. The number of carbonyl (C=O) groups is 1. The van der Waals surface area contributed by atoms with Gasteiger partial charge in [0, 0.05) is 12.5 Å². The van der Waals surface area contributed by atoms with E-state index in [1.165, 1.54) is 12.0 Å². The van der Waals surface area contributed by atoms with Gasteiger partial charge >= 0.3 is 0 Å². The van der Waals surface area contributed by atoms with Crippen molar-refractivity contribution in [3.8, 4) is 0 Å². The molecule has 1 aromatic carbocycles. The summed E-state index contributed by atoms with van der Waals surface area (Å²) in [6, 6.07) is 8.40. The standard InChI is InChI=1S/C15H23NO.C3H8.C2H6/c1-6-14(17)15(16(5)11(2)3)13-10-8-7-9-12(13)4;1-3-2;1-2/h7-11,15H,6H2,1-5H3;3H2,1-2H3;1-2H3. The summed E-state index contributed by atoms with van der Waals surface area (Å²) in [5.74, 6) is 0.287. The number of aryl methyl sites for hydroxylation is 1. The molecular weight excluding hydrogens is 270 g/mol. The summed E-state index contributed by atoms with van der Waals surface area (Å²) in [5.41, 5.74) is 2.32. The largest absolute Gasteiger partial charge is 0.298 e. The van der Waals surface area contributed by atoms with Gasteiger partial charge in [-0.1, -0.05) is 65.3 Å². The van der Waals surface area contributed by atoms with Crippen molar-refractivity contribution >= 4 is 5.78 Å². The molecule has 0 heterocycles. The smallest absolute Gasteiger partial charge is 0.154 e. The highest BCUT2D eigenvalue weighted by Gasteiger charge is 2.26. The van der Waals surface area contributed by atoms with Gasteiger partial charge in [0.25, 0.3) is 0 Å². The Kier molecular flexibility index (Phi) is 14.2. The Labute approximate surface area is 138 Å². The van der Waals surface area contributed by atoms with Crippen LogP contribution in [0.1, 0.15) is 78.5 Å². The third kappa shape index (κ3) is 7.74. The van der Waals surface area contributed by atoms with Crippen LogP contribution in [0, 0.1) is 6.92 Å². The first-order valence-electron chi connectivity index (χ1n) is 8.70. The number of hydrogen-bond donors (Lipinski definition) is 0. The minimum absolute atomic E-state index is 0.110. The Bertz CT molecular complexity index is 398. The first-order chi connectivity index (χ1) is 10.4. The van der Waals surface area contributed by atoms with Gasteiger partial charge < -0.3 is 0 Å². The molecule has 0 amide bonds. The Balaban J connectivity index is 0. The maximum absolute atomic E-state index is 12.2. The summed E-state index contributed by atoms with van der Waals surface area (Å²) in [7, 11) is 2.02. The fraction of sp³-hybridized carbons (Fsp3) is 0.650. The Morgan fingerprint density at radius 3 is 1.91 bits per heavy atom. The summed E-state index contributed by atoms with van der Waals surface area (Å²) in [5, 5.41) is 0. The van der Waals surface area contributed by atoms with Crippen LogP contribution in [0.3, 0.4) is 0 Å². The van der Waals surface area contributed by atoms with Gasteiger partial charge in [0.15, 0.2) is 5.78 Å².